The van der Waals surface area contributed by atoms with Gasteiger partial charge in [-0.2, -0.15) is 0 Å². The minimum atomic E-state index is -0.265. The highest BCUT2D eigenvalue weighted by Gasteiger charge is 2.36. The molecule has 0 radical (unpaired) electrons. The SMILES string of the molecule is CC1(C)c2cc(-c3cccc4c3oc3ccccc34)ccc2-c2ccc(N(c3ccc(-c4ccc5c(c4)oc4ccccc45)cc3)c3ccc(-c4cccc5c4oc4ccccc45)cc3)cc21. The molecule has 4 nitrogen and oxygen atoms in total. The summed E-state index contributed by atoms with van der Waals surface area (Å²) in [5, 5.41) is 6.80. The predicted molar refractivity (Wildman–Crippen MR) is 277 cm³/mol. The maximum atomic E-state index is 6.51. The lowest BCUT2D eigenvalue weighted by molar-refractivity contribution is 0.660. The second-order valence-corrected chi connectivity index (χ2v) is 18.4. The van der Waals surface area contributed by atoms with Gasteiger partial charge in [0.25, 0.3) is 0 Å². The van der Waals surface area contributed by atoms with Crippen LogP contribution in [0.2, 0.25) is 0 Å². The molecule has 3 aromatic heterocycles. The summed E-state index contributed by atoms with van der Waals surface area (Å²) in [6.45, 7) is 4.72. The van der Waals surface area contributed by atoms with E-state index in [1.807, 2.05) is 30.3 Å². The van der Waals surface area contributed by atoms with Crippen LogP contribution in [-0.2, 0) is 5.41 Å². The van der Waals surface area contributed by atoms with Crippen molar-refractivity contribution in [3.05, 3.63) is 223 Å². The first-order chi connectivity index (χ1) is 32.9. The van der Waals surface area contributed by atoms with Crippen molar-refractivity contribution in [2.75, 3.05) is 4.90 Å². The monoisotopic (exact) mass is 859 g/mol. The van der Waals surface area contributed by atoms with Gasteiger partial charge in [0.1, 0.15) is 33.5 Å². The van der Waals surface area contributed by atoms with Gasteiger partial charge in [0.05, 0.1) is 0 Å². The van der Waals surface area contributed by atoms with Crippen LogP contribution >= 0.6 is 0 Å². The molecule has 13 aromatic rings. The first-order valence-corrected chi connectivity index (χ1v) is 23.0. The second-order valence-electron chi connectivity index (χ2n) is 18.4. The Bertz CT molecular complexity index is 4130. The van der Waals surface area contributed by atoms with E-state index in [9.17, 15) is 0 Å². The Morgan fingerprint density at radius 1 is 0.299 bits per heavy atom. The number of para-hydroxylation sites is 5. The minimum absolute atomic E-state index is 0.265. The molecule has 0 unspecified atom stereocenters. The second kappa shape index (κ2) is 14.2. The van der Waals surface area contributed by atoms with Gasteiger partial charge in [-0.3, -0.25) is 0 Å². The zero-order valence-electron chi connectivity index (χ0n) is 36.9. The standard InChI is InChI=1S/C63H41NO3/c1-63(2)55-35-41(46-15-10-17-54-51-13-5-8-20-59(51)67-62(46)54)26-32-47(55)48-34-31-44(37-56(48)63)64(42-27-21-38(22-28-42)40-25-33-52-49-11-3-6-18-57(49)65-60(52)36-40)43-29-23-39(24-30-43)45-14-9-16-53-50-12-4-7-19-58(50)66-61(45)53/h3-37H,1-2H3. The van der Waals surface area contributed by atoms with E-state index in [1.165, 1.54) is 22.3 Å². The fourth-order valence-electron chi connectivity index (χ4n) is 10.9. The first-order valence-electron chi connectivity index (χ1n) is 23.0. The smallest absolute Gasteiger partial charge is 0.143 e. The molecule has 0 spiro atoms. The van der Waals surface area contributed by atoms with Crippen LogP contribution in [0.5, 0.6) is 0 Å². The third kappa shape index (κ3) is 5.73. The van der Waals surface area contributed by atoms with Crippen molar-refractivity contribution >= 4 is 82.9 Å². The van der Waals surface area contributed by atoms with Crippen LogP contribution in [0.1, 0.15) is 25.0 Å². The van der Waals surface area contributed by atoms with Crippen molar-refractivity contribution in [3.8, 4) is 44.5 Å². The Kier molecular flexibility index (Phi) is 8.00. The molecule has 0 atom stereocenters. The predicted octanol–water partition coefficient (Wildman–Crippen LogP) is 18.2. The average molecular weight is 860 g/mol. The van der Waals surface area contributed by atoms with E-state index in [1.54, 1.807) is 0 Å². The zero-order chi connectivity index (χ0) is 44.4. The molecule has 0 N–H and O–H groups in total. The van der Waals surface area contributed by atoms with Crippen molar-refractivity contribution < 1.29 is 13.3 Å². The van der Waals surface area contributed by atoms with Crippen LogP contribution in [0.15, 0.2) is 226 Å². The van der Waals surface area contributed by atoms with Crippen molar-refractivity contribution in [2.45, 2.75) is 19.3 Å². The molecule has 4 heteroatoms. The lowest BCUT2D eigenvalue weighted by Gasteiger charge is -2.28. The Morgan fingerprint density at radius 2 is 0.746 bits per heavy atom. The Balaban J connectivity index is 0.867. The number of hydrogen-bond donors (Lipinski definition) is 0. The molecule has 3 heterocycles. The molecule has 0 bridgehead atoms. The third-order valence-corrected chi connectivity index (χ3v) is 14.3. The molecule has 0 saturated heterocycles. The topological polar surface area (TPSA) is 42.7 Å². The molecule has 10 aromatic carbocycles. The molecule has 1 aliphatic carbocycles. The first kappa shape index (κ1) is 37.7. The highest BCUT2D eigenvalue weighted by atomic mass is 16.3. The summed E-state index contributed by atoms with van der Waals surface area (Å²) in [4.78, 5) is 2.38. The molecule has 0 aliphatic heterocycles. The third-order valence-electron chi connectivity index (χ3n) is 14.3. The zero-order valence-corrected chi connectivity index (χ0v) is 36.9. The van der Waals surface area contributed by atoms with Crippen molar-refractivity contribution in [1.82, 2.24) is 0 Å². The summed E-state index contributed by atoms with van der Waals surface area (Å²) in [6.07, 6.45) is 0. The molecule has 0 amide bonds. The van der Waals surface area contributed by atoms with Crippen LogP contribution < -0.4 is 4.90 Å². The molecule has 316 valence electrons. The number of furan rings is 3. The normalized spacial score (nSPS) is 13.0. The van der Waals surface area contributed by atoms with Gasteiger partial charge in [0.2, 0.25) is 0 Å². The number of nitrogens with zero attached hydrogens (tertiary/aromatic N) is 1. The molecular weight excluding hydrogens is 819 g/mol. The van der Waals surface area contributed by atoms with Gasteiger partial charge in [-0.25, -0.2) is 0 Å². The number of anilines is 3. The van der Waals surface area contributed by atoms with E-state index in [4.69, 9.17) is 13.3 Å². The van der Waals surface area contributed by atoms with E-state index in [0.717, 1.165) is 116 Å². The van der Waals surface area contributed by atoms with Crippen LogP contribution in [0.3, 0.4) is 0 Å². The number of hydrogen-bond acceptors (Lipinski definition) is 4. The molecular formula is C63H41NO3. The summed E-state index contributed by atoms with van der Waals surface area (Å²) < 4.78 is 19.3. The number of benzene rings is 10. The van der Waals surface area contributed by atoms with E-state index < -0.39 is 0 Å². The summed E-state index contributed by atoms with van der Waals surface area (Å²) in [6, 6.07) is 76.0. The van der Waals surface area contributed by atoms with Gasteiger partial charge in [-0.1, -0.05) is 153 Å². The van der Waals surface area contributed by atoms with Gasteiger partial charge in [-0.15, -0.1) is 0 Å². The summed E-state index contributed by atoms with van der Waals surface area (Å²) >= 11 is 0. The van der Waals surface area contributed by atoms with E-state index in [0.29, 0.717) is 0 Å². The van der Waals surface area contributed by atoms with Gasteiger partial charge in [-0.05, 0) is 117 Å². The van der Waals surface area contributed by atoms with Crippen LogP contribution in [-0.4, -0.2) is 0 Å². The number of rotatable bonds is 6. The summed E-state index contributed by atoms with van der Waals surface area (Å²) in [7, 11) is 0. The van der Waals surface area contributed by atoms with Gasteiger partial charge < -0.3 is 18.2 Å². The Morgan fingerprint density at radius 3 is 1.37 bits per heavy atom. The fraction of sp³-hybridized carbons (Fsp3) is 0.0476. The molecule has 14 rings (SSSR count). The highest BCUT2D eigenvalue weighted by molar-refractivity contribution is 6.11. The van der Waals surface area contributed by atoms with Gasteiger partial charge in [0.15, 0.2) is 0 Å². The maximum Gasteiger partial charge on any atom is 0.143 e. The minimum Gasteiger partial charge on any atom is -0.456 e. The van der Waals surface area contributed by atoms with Crippen LogP contribution in [0.4, 0.5) is 17.1 Å². The van der Waals surface area contributed by atoms with Gasteiger partial charge >= 0.3 is 0 Å². The molecule has 67 heavy (non-hydrogen) atoms. The number of fused-ring (bicyclic) bond motifs is 12. The quantitative estimate of drug-likeness (QED) is 0.167. The Hall–Kier alpha value is -8.60. The maximum absolute atomic E-state index is 6.51. The van der Waals surface area contributed by atoms with E-state index in [2.05, 4.69) is 201 Å². The average Bonchev–Trinajstić information content (AvgIpc) is 4.12. The molecule has 0 fully saturated rings. The highest BCUT2D eigenvalue weighted by Crippen LogP contribution is 2.52. The van der Waals surface area contributed by atoms with Crippen LogP contribution in [0, 0.1) is 0 Å². The van der Waals surface area contributed by atoms with Gasteiger partial charge in [0, 0.05) is 65.9 Å². The summed E-state index contributed by atoms with van der Waals surface area (Å²) in [5.74, 6) is 0. The fourth-order valence-corrected chi connectivity index (χ4v) is 10.9. The van der Waals surface area contributed by atoms with E-state index >= 15 is 0 Å². The molecule has 1 aliphatic rings. The lowest BCUT2D eigenvalue weighted by atomic mass is 9.81. The largest absolute Gasteiger partial charge is 0.456 e. The van der Waals surface area contributed by atoms with Crippen molar-refractivity contribution in [1.29, 1.82) is 0 Å². The Labute approximate surface area is 386 Å². The molecule has 0 saturated carbocycles. The van der Waals surface area contributed by atoms with Crippen molar-refractivity contribution in [2.24, 2.45) is 0 Å². The lowest BCUT2D eigenvalue weighted by Crippen LogP contribution is -2.16. The van der Waals surface area contributed by atoms with E-state index in [-0.39, 0.29) is 5.41 Å². The summed E-state index contributed by atoms with van der Waals surface area (Å²) in [5.41, 5.74) is 20.2. The van der Waals surface area contributed by atoms with Crippen LogP contribution in [0.25, 0.3) is 110 Å². The van der Waals surface area contributed by atoms with Crippen molar-refractivity contribution in [3.63, 3.8) is 0 Å².